The van der Waals surface area contributed by atoms with Gasteiger partial charge in [-0.25, -0.2) is 12.7 Å². The van der Waals surface area contributed by atoms with E-state index in [2.05, 4.69) is 15.9 Å². The van der Waals surface area contributed by atoms with Gasteiger partial charge in [-0.3, -0.25) is 4.79 Å². The molecule has 1 amide bonds. The Morgan fingerprint density at radius 2 is 1.61 bits per heavy atom. The van der Waals surface area contributed by atoms with Crippen LogP contribution in [0, 0.1) is 17.8 Å². The van der Waals surface area contributed by atoms with E-state index in [0.29, 0.717) is 35.8 Å². The predicted octanol–water partition coefficient (Wildman–Crippen LogP) is 4.02. The molecule has 2 aliphatic heterocycles. The molecular formula is C23H35BrN2O4S. The molecule has 0 radical (unpaired) electrons. The second kappa shape index (κ2) is 10.2. The first kappa shape index (κ1) is 24.5. The number of sulfonamides is 1. The minimum absolute atomic E-state index is 0.0996. The second-order valence-corrected chi connectivity index (χ2v) is 12.7. The summed E-state index contributed by atoms with van der Waals surface area (Å²) >= 11 is 3.33. The highest BCUT2D eigenvalue weighted by atomic mass is 79.9. The number of hydrogen-bond donors (Lipinski definition) is 1. The molecule has 2 aliphatic rings. The van der Waals surface area contributed by atoms with Crippen molar-refractivity contribution < 1.29 is 18.3 Å². The summed E-state index contributed by atoms with van der Waals surface area (Å²) in [4.78, 5) is 14.9. The van der Waals surface area contributed by atoms with E-state index < -0.39 is 10.0 Å². The number of phenols is 1. The van der Waals surface area contributed by atoms with Gasteiger partial charge >= 0.3 is 0 Å². The molecule has 0 bridgehead atoms. The summed E-state index contributed by atoms with van der Waals surface area (Å²) in [7, 11) is -3.15. The summed E-state index contributed by atoms with van der Waals surface area (Å²) in [6.07, 6.45) is 4.52. The summed E-state index contributed by atoms with van der Waals surface area (Å²) in [5.41, 5.74) is 1.03. The Kier molecular flexibility index (Phi) is 8.08. The monoisotopic (exact) mass is 514 g/mol. The molecule has 174 valence electrons. The smallest absolute Gasteiger partial charge is 0.225 e. The van der Waals surface area contributed by atoms with E-state index in [1.54, 1.807) is 24.2 Å². The van der Waals surface area contributed by atoms with Gasteiger partial charge in [0.05, 0.1) is 9.72 Å². The molecule has 2 saturated heterocycles. The van der Waals surface area contributed by atoms with E-state index >= 15 is 0 Å². The lowest BCUT2D eigenvalue weighted by Gasteiger charge is -2.40. The molecule has 0 unspecified atom stereocenters. The molecule has 6 nitrogen and oxygen atoms in total. The van der Waals surface area contributed by atoms with Crippen molar-refractivity contribution >= 4 is 31.9 Å². The maximum Gasteiger partial charge on any atom is 0.225 e. The number of piperidine rings is 2. The van der Waals surface area contributed by atoms with E-state index in [-0.39, 0.29) is 22.8 Å². The highest BCUT2D eigenvalue weighted by Gasteiger charge is 2.35. The highest BCUT2D eigenvalue weighted by Crippen LogP contribution is 2.34. The molecule has 2 fully saturated rings. The Morgan fingerprint density at radius 3 is 2.13 bits per heavy atom. The number of amides is 1. The van der Waals surface area contributed by atoms with Gasteiger partial charge in [0.2, 0.25) is 15.9 Å². The first-order chi connectivity index (χ1) is 14.6. The lowest BCUT2D eigenvalue weighted by Crippen LogP contribution is -2.46. The van der Waals surface area contributed by atoms with Gasteiger partial charge in [-0.05, 0) is 91.4 Å². The standard InChI is InChI=1S/C23H35BrN2O4S/c1-16(2)31(29,30)26-12-8-20(9-13-26)19-6-10-25(11-7-19)23(28)17(3)14-18-4-5-22(27)21(24)15-18/h4-5,15-17,19-20,27H,6-14H2,1-3H3/t17-/m1/s1. The molecule has 1 aromatic carbocycles. The highest BCUT2D eigenvalue weighted by molar-refractivity contribution is 9.10. The van der Waals surface area contributed by atoms with Crippen molar-refractivity contribution in [3.8, 4) is 5.75 Å². The largest absolute Gasteiger partial charge is 0.507 e. The zero-order valence-electron chi connectivity index (χ0n) is 18.8. The van der Waals surface area contributed by atoms with Crippen LogP contribution in [0.5, 0.6) is 5.75 Å². The molecule has 31 heavy (non-hydrogen) atoms. The number of carbonyl (C=O) groups excluding carboxylic acids is 1. The van der Waals surface area contributed by atoms with Crippen molar-refractivity contribution in [2.24, 2.45) is 17.8 Å². The van der Waals surface area contributed by atoms with Crippen molar-refractivity contribution in [1.29, 1.82) is 0 Å². The predicted molar refractivity (Wildman–Crippen MR) is 126 cm³/mol. The first-order valence-electron chi connectivity index (χ1n) is 11.3. The number of hydrogen-bond acceptors (Lipinski definition) is 4. The minimum atomic E-state index is -3.15. The van der Waals surface area contributed by atoms with Gasteiger partial charge in [-0.15, -0.1) is 0 Å². The van der Waals surface area contributed by atoms with E-state index in [0.717, 1.165) is 44.3 Å². The van der Waals surface area contributed by atoms with E-state index in [4.69, 9.17) is 0 Å². The van der Waals surface area contributed by atoms with Crippen LogP contribution in [0.1, 0.15) is 52.0 Å². The summed E-state index contributed by atoms with van der Waals surface area (Å²) in [5, 5.41) is 9.29. The molecule has 1 N–H and O–H groups in total. The number of benzene rings is 1. The number of likely N-dealkylation sites (tertiary alicyclic amines) is 1. The third-order valence-electron chi connectivity index (χ3n) is 6.95. The first-order valence-corrected chi connectivity index (χ1v) is 13.6. The fourth-order valence-electron chi connectivity index (χ4n) is 4.92. The maximum absolute atomic E-state index is 12.9. The zero-order valence-corrected chi connectivity index (χ0v) is 21.2. The van der Waals surface area contributed by atoms with Crippen LogP contribution in [0.15, 0.2) is 22.7 Å². The van der Waals surface area contributed by atoms with Crippen LogP contribution >= 0.6 is 15.9 Å². The van der Waals surface area contributed by atoms with E-state index in [1.807, 2.05) is 24.0 Å². The fraction of sp³-hybridized carbons (Fsp3) is 0.696. The van der Waals surface area contributed by atoms with Crippen LogP contribution in [-0.2, 0) is 21.2 Å². The normalized spacial score (nSPS) is 20.9. The van der Waals surface area contributed by atoms with Crippen molar-refractivity contribution in [3.63, 3.8) is 0 Å². The molecule has 0 aliphatic carbocycles. The van der Waals surface area contributed by atoms with Gasteiger partial charge in [0.1, 0.15) is 5.75 Å². The summed E-state index contributed by atoms with van der Waals surface area (Å²) in [5.74, 6) is 1.44. The number of aromatic hydroxyl groups is 1. The molecular weight excluding hydrogens is 480 g/mol. The third-order valence-corrected chi connectivity index (χ3v) is 9.86. The molecule has 1 aromatic rings. The van der Waals surface area contributed by atoms with Gasteiger partial charge in [-0.1, -0.05) is 13.0 Å². The van der Waals surface area contributed by atoms with Crippen LogP contribution < -0.4 is 0 Å². The van der Waals surface area contributed by atoms with E-state index in [9.17, 15) is 18.3 Å². The number of phenolic OH excluding ortho intramolecular Hbond substituents is 1. The Hall–Kier alpha value is -1.12. The Labute approximate surface area is 195 Å². The Morgan fingerprint density at radius 1 is 1.06 bits per heavy atom. The van der Waals surface area contributed by atoms with Crippen LogP contribution in [0.3, 0.4) is 0 Å². The summed E-state index contributed by atoms with van der Waals surface area (Å²) in [6, 6.07) is 5.39. The zero-order chi connectivity index (χ0) is 22.8. The lowest BCUT2D eigenvalue weighted by atomic mass is 9.79. The average molecular weight is 516 g/mol. The van der Waals surface area contributed by atoms with Gasteiger partial charge < -0.3 is 10.0 Å². The maximum atomic E-state index is 12.9. The second-order valence-electron chi connectivity index (χ2n) is 9.38. The van der Waals surface area contributed by atoms with E-state index in [1.165, 1.54) is 0 Å². The molecule has 0 aromatic heterocycles. The molecule has 2 heterocycles. The van der Waals surface area contributed by atoms with Gasteiger partial charge in [0, 0.05) is 32.1 Å². The number of carbonyl (C=O) groups is 1. The topological polar surface area (TPSA) is 77.9 Å². The van der Waals surface area contributed by atoms with Crippen LogP contribution in [0.25, 0.3) is 0 Å². The van der Waals surface area contributed by atoms with Crippen molar-refractivity contribution in [2.75, 3.05) is 26.2 Å². The van der Waals surface area contributed by atoms with Crippen molar-refractivity contribution in [2.45, 2.75) is 58.1 Å². The van der Waals surface area contributed by atoms with Crippen molar-refractivity contribution in [3.05, 3.63) is 28.2 Å². The molecule has 1 atom stereocenters. The van der Waals surface area contributed by atoms with Crippen LogP contribution in [-0.4, -0.2) is 60.1 Å². The van der Waals surface area contributed by atoms with Crippen LogP contribution in [0.2, 0.25) is 0 Å². The Balaban J connectivity index is 1.47. The van der Waals surface area contributed by atoms with Gasteiger partial charge in [0.15, 0.2) is 0 Å². The quantitative estimate of drug-likeness (QED) is 0.621. The molecule has 3 rings (SSSR count). The molecule has 0 spiro atoms. The fourth-order valence-corrected chi connectivity index (χ4v) is 6.66. The average Bonchev–Trinajstić information content (AvgIpc) is 2.76. The summed E-state index contributed by atoms with van der Waals surface area (Å²) < 4.78 is 27.1. The lowest BCUT2D eigenvalue weighted by molar-refractivity contribution is -0.136. The molecule has 8 heteroatoms. The van der Waals surface area contributed by atoms with Gasteiger partial charge in [-0.2, -0.15) is 0 Å². The van der Waals surface area contributed by atoms with Gasteiger partial charge in [0.25, 0.3) is 0 Å². The third kappa shape index (κ3) is 5.82. The number of rotatable bonds is 6. The van der Waals surface area contributed by atoms with Crippen molar-refractivity contribution in [1.82, 2.24) is 9.21 Å². The molecule has 0 saturated carbocycles. The number of halogens is 1. The Bertz CT molecular complexity index is 874. The minimum Gasteiger partial charge on any atom is -0.507 e. The summed E-state index contributed by atoms with van der Waals surface area (Å²) in [6.45, 7) is 8.30. The SMILES string of the molecule is CC(C)S(=O)(=O)N1CCC(C2CCN(C(=O)[C@H](C)Cc3ccc(O)c(Br)c3)CC2)CC1. The number of nitrogens with zero attached hydrogens (tertiary/aromatic N) is 2. The van der Waals surface area contributed by atoms with Crippen LogP contribution in [0.4, 0.5) is 0 Å².